The zero-order valence-corrected chi connectivity index (χ0v) is 6.92. The van der Waals surface area contributed by atoms with Crippen molar-refractivity contribution in [1.82, 2.24) is 15.5 Å². The van der Waals surface area contributed by atoms with E-state index in [0.29, 0.717) is 6.17 Å². The molecule has 1 N–H and O–H groups in total. The Morgan fingerprint density at radius 3 is 2.73 bits per heavy atom. The maximum absolute atomic E-state index is 4.57. The minimum absolute atomic E-state index is 0.492. The van der Waals surface area contributed by atoms with Crippen molar-refractivity contribution in [2.45, 2.75) is 19.0 Å². The molecule has 3 nitrogen and oxygen atoms in total. The van der Waals surface area contributed by atoms with Crippen LogP contribution in [0, 0.1) is 0 Å². The lowest BCUT2D eigenvalue weighted by Gasteiger charge is -2.30. The van der Waals surface area contributed by atoms with E-state index in [-0.39, 0.29) is 0 Å². The highest BCUT2D eigenvalue weighted by Crippen LogP contribution is 2.10. The summed E-state index contributed by atoms with van der Waals surface area (Å²) in [5.74, 6) is 0. The van der Waals surface area contributed by atoms with E-state index in [1.54, 1.807) is 0 Å². The number of nitrogens with zero attached hydrogens (tertiary/aromatic N) is 2. The molecule has 0 aliphatic carbocycles. The first-order chi connectivity index (χ1) is 5.47. The van der Waals surface area contributed by atoms with Crippen LogP contribution in [0.5, 0.6) is 0 Å². The maximum atomic E-state index is 4.57. The van der Waals surface area contributed by atoms with Crippen molar-refractivity contribution in [2.75, 3.05) is 32.7 Å². The van der Waals surface area contributed by atoms with Gasteiger partial charge in [0.25, 0.3) is 0 Å². The van der Waals surface area contributed by atoms with E-state index in [4.69, 9.17) is 0 Å². The molecule has 2 heterocycles. The van der Waals surface area contributed by atoms with E-state index in [0.717, 1.165) is 19.6 Å². The van der Waals surface area contributed by atoms with Crippen molar-refractivity contribution in [1.29, 1.82) is 0 Å². The summed E-state index contributed by atoms with van der Waals surface area (Å²) in [5.41, 5.74) is 0. The van der Waals surface area contributed by atoms with Gasteiger partial charge in [-0.1, -0.05) is 0 Å². The summed E-state index contributed by atoms with van der Waals surface area (Å²) in [5, 5.41) is 7.95. The lowest BCUT2D eigenvalue weighted by molar-refractivity contribution is 0.177. The SMILES string of the molecule is C1CCN(C2CNCC[N]2)C1. The molecule has 0 spiro atoms. The molecule has 1 unspecified atom stereocenters. The summed E-state index contributed by atoms with van der Waals surface area (Å²) in [6, 6.07) is 0. The van der Waals surface area contributed by atoms with Gasteiger partial charge in [-0.05, 0) is 25.9 Å². The molecule has 3 heteroatoms. The normalized spacial score (nSPS) is 34.4. The van der Waals surface area contributed by atoms with Crippen molar-refractivity contribution < 1.29 is 0 Å². The summed E-state index contributed by atoms with van der Waals surface area (Å²) >= 11 is 0. The van der Waals surface area contributed by atoms with Gasteiger partial charge < -0.3 is 5.32 Å². The molecule has 2 rings (SSSR count). The summed E-state index contributed by atoms with van der Waals surface area (Å²) in [7, 11) is 0. The molecule has 0 aromatic heterocycles. The van der Waals surface area contributed by atoms with Gasteiger partial charge in [0.15, 0.2) is 0 Å². The molecule has 0 bridgehead atoms. The van der Waals surface area contributed by atoms with Crippen LogP contribution in [-0.4, -0.2) is 43.8 Å². The number of hydrogen-bond donors (Lipinski definition) is 1. The average Bonchev–Trinajstić information content (AvgIpc) is 2.58. The maximum Gasteiger partial charge on any atom is 0.0887 e. The van der Waals surface area contributed by atoms with Crippen LogP contribution >= 0.6 is 0 Å². The topological polar surface area (TPSA) is 29.4 Å². The van der Waals surface area contributed by atoms with Crippen LogP contribution in [0.15, 0.2) is 0 Å². The van der Waals surface area contributed by atoms with Crippen molar-refractivity contribution in [3.05, 3.63) is 0 Å². The monoisotopic (exact) mass is 154 g/mol. The van der Waals surface area contributed by atoms with Gasteiger partial charge in [0.2, 0.25) is 0 Å². The average molecular weight is 154 g/mol. The second-order valence-electron chi connectivity index (χ2n) is 3.33. The molecule has 0 aromatic carbocycles. The highest BCUT2D eigenvalue weighted by Gasteiger charge is 2.23. The van der Waals surface area contributed by atoms with Crippen molar-refractivity contribution in [3.8, 4) is 0 Å². The van der Waals surface area contributed by atoms with Gasteiger partial charge in [0, 0.05) is 19.6 Å². The first-order valence-corrected chi connectivity index (χ1v) is 4.58. The largest absolute Gasteiger partial charge is 0.312 e. The Morgan fingerprint density at radius 2 is 2.09 bits per heavy atom. The molecular weight excluding hydrogens is 138 g/mol. The van der Waals surface area contributed by atoms with E-state index in [1.807, 2.05) is 0 Å². The predicted octanol–water partition coefficient (Wildman–Crippen LogP) is -0.384. The minimum atomic E-state index is 0.492. The van der Waals surface area contributed by atoms with Crippen LogP contribution in [0.25, 0.3) is 0 Å². The van der Waals surface area contributed by atoms with Gasteiger partial charge in [0.1, 0.15) is 0 Å². The van der Waals surface area contributed by atoms with Crippen molar-refractivity contribution in [2.24, 2.45) is 0 Å². The molecule has 2 fully saturated rings. The molecule has 2 aliphatic heterocycles. The third-order valence-electron chi connectivity index (χ3n) is 2.52. The fourth-order valence-corrected chi connectivity index (χ4v) is 1.87. The quantitative estimate of drug-likeness (QED) is 0.557. The first-order valence-electron chi connectivity index (χ1n) is 4.58. The fourth-order valence-electron chi connectivity index (χ4n) is 1.87. The van der Waals surface area contributed by atoms with Crippen LogP contribution in [0.2, 0.25) is 0 Å². The van der Waals surface area contributed by atoms with Gasteiger partial charge in [-0.3, -0.25) is 4.90 Å². The molecule has 1 radical (unpaired) electrons. The van der Waals surface area contributed by atoms with Crippen LogP contribution in [-0.2, 0) is 0 Å². The Hall–Kier alpha value is -0.120. The molecule has 1 atom stereocenters. The van der Waals surface area contributed by atoms with Gasteiger partial charge in [-0.2, -0.15) is 0 Å². The second-order valence-corrected chi connectivity index (χ2v) is 3.33. The van der Waals surface area contributed by atoms with Crippen molar-refractivity contribution in [3.63, 3.8) is 0 Å². The minimum Gasteiger partial charge on any atom is -0.312 e. The summed E-state index contributed by atoms with van der Waals surface area (Å²) in [6.45, 7) is 5.66. The lowest BCUT2D eigenvalue weighted by atomic mass is 10.3. The number of nitrogens with one attached hydrogen (secondary N) is 1. The molecule has 63 valence electrons. The number of piperazine rings is 1. The van der Waals surface area contributed by atoms with E-state index in [1.165, 1.54) is 25.9 Å². The van der Waals surface area contributed by atoms with Crippen LogP contribution < -0.4 is 10.6 Å². The number of hydrogen-bond acceptors (Lipinski definition) is 2. The van der Waals surface area contributed by atoms with E-state index < -0.39 is 0 Å². The highest BCUT2D eigenvalue weighted by atomic mass is 15.3. The summed E-state index contributed by atoms with van der Waals surface area (Å²) in [6.07, 6.45) is 3.23. The van der Waals surface area contributed by atoms with E-state index in [2.05, 4.69) is 15.5 Å². The second kappa shape index (κ2) is 3.52. The smallest absolute Gasteiger partial charge is 0.0887 e. The van der Waals surface area contributed by atoms with Gasteiger partial charge in [-0.25, -0.2) is 5.32 Å². The summed E-state index contributed by atoms with van der Waals surface area (Å²) < 4.78 is 0. The third kappa shape index (κ3) is 1.72. The van der Waals surface area contributed by atoms with Crippen LogP contribution in [0.1, 0.15) is 12.8 Å². The molecule has 2 saturated heterocycles. The molecule has 0 aromatic rings. The molecule has 0 amide bonds. The number of rotatable bonds is 1. The molecular formula is C8H16N3. The molecule has 0 saturated carbocycles. The molecule has 11 heavy (non-hydrogen) atoms. The van der Waals surface area contributed by atoms with Crippen molar-refractivity contribution >= 4 is 0 Å². The zero-order chi connectivity index (χ0) is 7.52. The lowest BCUT2D eigenvalue weighted by Crippen LogP contribution is -2.52. The molecule has 2 aliphatic rings. The van der Waals surface area contributed by atoms with Gasteiger partial charge in [-0.15, -0.1) is 0 Å². The Balaban J connectivity index is 1.82. The van der Waals surface area contributed by atoms with Gasteiger partial charge in [0.05, 0.1) is 6.17 Å². The first kappa shape index (κ1) is 7.53. The fraction of sp³-hybridized carbons (Fsp3) is 1.00. The van der Waals surface area contributed by atoms with Gasteiger partial charge >= 0.3 is 0 Å². The van der Waals surface area contributed by atoms with Crippen LogP contribution in [0.4, 0.5) is 0 Å². The van der Waals surface area contributed by atoms with Crippen LogP contribution in [0.3, 0.4) is 0 Å². The Bertz CT molecular complexity index is 115. The third-order valence-corrected chi connectivity index (χ3v) is 2.52. The number of likely N-dealkylation sites (tertiary alicyclic amines) is 1. The zero-order valence-electron chi connectivity index (χ0n) is 6.92. The Kier molecular flexibility index (Phi) is 2.41. The predicted molar refractivity (Wildman–Crippen MR) is 44.5 cm³/mol. The standard InChI is InChI=1S/C8H16N3/c1-2-6-11(5-1)8-7-9-3-4-10-8/h8-9H,1-7H2. The van der Waals surface area contributed by atoms with E-state index >= 15 is 0 Å². The summed E-state index contributed by atoms with van der Waals surface area (Å²) in [4.78, 5) is 2.49. The Labute approximate surface area is 68.1 Å². The Morgan fingerprint density at radius 1 is 1.27 bits per heavy atom. The highest BCUT2D eigenvalue weighted by molar-refractivity contribution is 4.79. The van der Waals surface area contributed by atoms with E-state index in [9.17, 15) is 0 Å².